The number of amides is 1. The maximum absolute atomic E-state index is 10.8. The molecule has 86 valence electrons. The number of hydrogen-bond donors (Lipinski definition) is 3. The smallest absolute Gasteiger partial charge is 0.412 e. The maximum atomic E-state index is 10.8. The highest BCUT2D eigenvalue weighted by Gasteiger charge is 2.35. The Morgan fingerprint density at radius 1 is 1.33 bits per heavy atom. The summed E-state index contributed by atoms with van der Waals surface area (Å²) in [6.07, 6.45) is -2.83. The zero-order valence-corrected chi connectivity index (χ0v) is 7.93. The van der Waals surface area contributed by atoms with Gasteiger partial charge in [0.1, 0.15) is 0 Å². The molecule has 4 N–H and O–H groups in total. The van der Waals surface area contributed by atoms with Gasteiger partial charge in [0, 0.05) is 0 Å². The predicted molar refractivity (Wildman–Crippen MR) is 43.3 cm³/mol. The number of primary amides is 1. The monoisotopic (exact) mass is 241 g/mol. The van der Waals surface area contributed by atoms with Gasteiger partial charge in [0.15, 0.2) is 5.25 Å². The molecule has 1 unspecified atom stereocenters. The average Bonchev–Trinajstić information content (AvgIpc) is 1.95. The maximum Gasteiger partial charge on any atom is 0.412 e. The summed E-state index contributed by atoms with van der Waals surface area (Å²) in [7, 11) is -4.97. The van der Waals surface area contributed by atoms with Crippen LogP contribution in [-0.4, -0.2) is 41.4 Å². The number of carboxylic acids is 1. The van der Waals surface area contributed by atoms with Gasteiger partial charge in [0.25, 0.3) is 10.1 Å². The molecule has 0 aromatic heterocycles. The summed E-state index contributed by atoms with van der Waals surface area (Å²) in [6.45, 7) is 0. The van der Waals surface area contributed by atoms with Crippen molar-refractivity contribution < 1.29 is 37.2 Å². The van der Waals surface area contributed by atoms with Crippen LogP contribution in [0.3, 0.4) is 0 Å². The summed E-state index contributed by atoms with van der Waals surface area (Å²) < 4.78 is 33.2. The van der Waals surface area contributed by atoms with Crippen LogP contribution in [0.25, 0.3) is 0 Å². The van der Waals surface area contributed by atoms with Gasteiger partial charge in [0.2, 0.25) is 0 Å². The quantitative estimate of drug-likeness (QED) is 0.299. The first-order chi connectivity index (χ1) is 6.64. The Labute approximate surface area is 83.6 Å². The van der Waals surface area contributed by atoms with Crippen LogP contribution in [0, 0.1) is 0 Å². The summed E-state index contributed by atoms with van der Waals surface area (Å²) in [5.74, 6) is -3.41. The Balaban J connectivity index is 4.88. The molecule has 0 spiro atoms. The van der Waals surface area contributed by atoms with Crippen LogP contribution in [0.4, 0.5) is 4.79 Å². The van der Waals surface area contributed by atoms with Crippen molar-refractivity contribution in [3.63, 3.8) is 0 Å². The third-order valence-electron chi connectivity index (χ3n) is 1.18. The molecule has 0 bridgehead atoms. The van der Waals surface area contributed by atoms with Gasteiger partial charge < -0.3 is 15.6 Å². The van der Waals surface area contributed by atoms with E-state index in [1.54, 1.807) is 0 Å². The number of esters is 1. The Morgan fingerprint density at radius 3 is 2.07 bits per heavy atom. The average molecular weight is 241 g/mol. The lowest BCUT2D eigenvalue weighted by molar-refractivity contribution is -0.143. The molecule has 0 fully saturated rings. The highest BCUT2D eigenvalue weighted by molar-refractivity contribution is 7.87. The zero-order valence-electron chi connectivity index (χ0n) is 7.11. The minimum absolute atomic E-state index is 1.23. The molecular formula is C5H7NO8S. The molecule has 9 nitrogen and oxygen atoms in total. The normalized spacial score (nSPS) is 12.9. The predicted octanol–water partition coefficient (Wildman–Crippen LogP) is -1.66. The van der Waals surface area contributed by atoms with Crippen LogP contribution < -0.4 is 5.73 Å². The van der Waals surface area contributed by atoms with E-state index < -0.39 is 39.8 Å². The summed E-state index contributed by atoms with van der Waals surface area (Å²) >= 11 is 0. The van der Waals surface area contributed by atoms with Gasteiger partial charge in [-0.25, -0.2) is 9.59 Å². The lowest BCUT2D eigenvalue weighted by Crippen LogP contribution is -2.36. The van der Waals surface area contributed by atoms with Gasteiger partial charge in [-0.15, -0.1) is 0 Å². The third kappa shape index (κ3) is 4.93. The van der Waals surface area contributed by atoms with Crippen molar-refractivity contribution >= 4 is 28.1 Å². The van der Waals surface area contributed by atoms with Crippen molar-refractivity contribution in [1.82, 2.24) is 0 Å². The van der Waals surface area contributed by atoms with Crippen molar-refractivity contribution in [2.75, 3.05) is 0 Å². The number of rotatable bonds is 4. The van der Waals surface area contributed by atoms with Crippen LogP contribution in [0.5, 0.6) is 0 Å². The van der Waals surface area contributed by atoms with Crippen LogP contribution in [0.15, 0.2) is 0 Å². The number of hydrogen-bond acceptors (Lipinski definition) is 6. The fourth-order valence-electron chi connectivity index (χ4n) is 0.634. The largest absolute Gasteiger partial charge is 0.481 e. The molecule has 0 aliphatic carbocycles. The van der Waals surface area contributed by atoms with Crippen LogP contribution >= 0.6 is 0 Å². The third-order valence-corrected chi connectivity index (χ3v) is 2.26. The van der Waals surface area contributed by atoms with E-state index in [2.05, 4.69) is 10.5 Å². The molecule has 0 aliphatic rings. The lowest BCUT2D eigenvalue weighted by atomic mass is 10.3. The Bertz CT molecular complexity index is 384. The van der Waals surface area contributed by atoms with Crippen molar-refractivity contribution in [3.05, 3.63) is 0 Å². The van der Waals surface area contributed by atoms with Gasteiger partial charge in [-0.3, -0.25) is 9.35 Å². The Morgan fingerprint density at radius 2 is 1.80 bits per heavy atom. The minimum atomic E-state index is -4.97. The second-order valence-corrected chi connectivity index (χ2v) is 3.94. The minimum Gasteiger partial charge on any atom is -0.481 e. The molecular weight excluding hydrogens is 234 g/mol. The first-order valence-electron chi connectivity index (χ1n) is 3.33. The topological polar surface area (TPSA) is 161 Å². The van der Waals surface area contributed by atoms with Crippen molar-refractivity contribution in [1.29, 1.82) is 0 Å². The Hall–Kier alpha value is -1.68. The highest BCUT2D eigenvalue weighted by Crippen LogP contribution is 2.07. The number of carbonyl (C=O) groups excluding carboxylic acids is 2. The van der Waals surface area contributed by atoms with Crippen LogP contribution in [0.2, 0.25) is 0 Å². The fraction of sp³-hybridized carbons (Fsp3) is 0.400. The van der Waals surface area contributed by atoms with Crippen molar-refractivity contribution in [3.8, 4) is 0 Å². The van der Waals surface area contributed by atoms with Crippen molar-refractivity contribution in [2.24, 2.45) is 5.73 Å². The van der Waals surface area contributed by atoms with E-state index in [0.717, 1.165) is 0 Å². The van der Waals surface area contributed by atoms with Gasteiger partial charge in [-0.05, 0) is 0 Å². The number of carbonyl (C=O) groups is 3. The number of nitrogens with two attached hydrogens (primary N) is 1. The lowest BCUT2D eigenvalue weighted by Gasteiger charge is -2.08. The standard InChI is InChI=1S/C5H7NO8S/c6-5(10)14-4(9)2(1-3(7)8)15(11,12)13/h2H,1H2,(H2,6,10)(H,7,8)(H,11,12,13). The molecule has 0 radical (unpaired) electrons. The summed E-state index contributed by atoms with van der Waals surface area (Å²) in [5.41, 5.74) is 4.40. The molecule has 0 aromatic rings. The number of carboxylic acid groups (broad SMARTS) is 1. The molecule has 0 saturated heterocycles. The second kappa shape index (κ2) is 4.70. The van der Waals surface area contributed by atoms with E-state index in [9.17, 15) is 22.8 Å². The van der Waals surface area contributed by atoms with E-state index in [1.807, 2.05) is 0 Å². The molecule has 0 saturated carbocycles. The van der Waals surface area contributed by atoms with E-state index in [4.69, 9.17) is 9.66 Å². The van der Waals surface area contributed by atoms with Crippen molar-refractivity contribution in [2.45, 2.75) is 11.7 Å². The van der Waals surface area contributed by atoms with Crippen LogP contribution in [0.1, 0.15) is 6.42 Å². The Kier molecular flexibility index (Phi) is 4.18. The van der Waals surface area contributed by atoms with Gasteiger partial charge in [-0.1, -0.05) is 0 Å². The van der Waals surface area contributed by atoms with Gasteiger partial charge >= 0.3 is 18.0 Å². The highest BCUT2D eigenvalue weighted by atomic mass is 32.2. The SMILES string of the molecule is NC(=O)OC(=O)C(CC(=O)O)S(=O)(=O)O. The molecule has 0 aromatic carbocycles. The van der Waals surface area contributed by atoms with Gasteiger partial charge in [0.05, 0.1) is 6.42 Å². The molecule has 1 amide bonds. The summed E-state index contributed by atoms with van der Waals surface area (Å²) in [4.78, 5) is 31.0. The summed E-state index contributed by atoms with van der Waals surface area (Å²) in [5, 5.41) is 5.86. The molecule has 10 heteroatoms. The molecule has 1 atom stereocenters. The van der Waals surface area contributed by atoms with Gasteiger partial charge in [-0.2, -0.15) is 8.42 Å². The van der Waals surface area contributed by atoms with E-state index >= 15 is 0 Å². The first-order valence-corrected chi connectivity index (χ1v) is 4.84. The first kappa shape index (κ1) is 13.3. The molecule has 0 rings (SSSR count). The van der Waals surface area contributed by atoms with Crippen LogP contribution in [-0.2, 0) is 24.4 Å². The zero-order chi connectivity index (χ0) is 12.2. The van der Waals surface area contributed by atoms with E-state index in [0.29, 0.717) is 0 Å². The fourth-order valence-corrected chi connectivity index (χ4v) is 1.28. The number of ether oxygens (including phenoxy) is 1. The van der Waals surface area contributed by atoms with E-state index in [-0.39, 0.29) is 0 Å². The number of aliphatic carboxylic acids is 1. The molecule has 0 aliphatic heterocycles. The molecule has 15 heavy (non-hydrogen) atoms. The molecule has 0 heterocycles. The van der Waals surface area contributed by atoms with E-state index in [1.165, 1.54) is 0 Å². The summed E-state index contributed by atoms with van der Waals surface area (Å²) in [6, 6.07) is 0. The second-order valence-electron chi connectivity index (χ2n) is 2.34.